The third-order valence-corrected chi connectivity index (χ3v) is 4.46. The van der Waals surface area contributed by atoms with E-state index in [1.165, 1.54) is 0 Å². The van der Waals surface area contributed by atoms with Gasteiger partial charge in [0.25, 0.3) is 0 Å². The molecular formula is C10H12N5O7P. The minimum atomic E-state index is -4.92. The van der Waals surface area contributed by atoms with E-state index in [-0.39, 0.29) is 29.4 Å². The second-order valence-corrected chi connectivity index (χ2v) is 6.54. The van der Waals surface area contributed by atoms with Crippen molar-refractivity contribution in [3.8, 4) is 0 Å². The molecule has 2 aromatic rings. The number of aliphatic hydroxyl groups excluding tert-OH is 1. The Morgan fingerprint density at radius 2 is 2.22 bits per heavy atom. The number of nitrogens with zero attached hydrogens (tertiary/aromatic N) is 4. The van der Waals surface area contributed by atoms with Crippen molar-refractivity contribution in [3.05, 3.63) is 12.2 Å². The summed E-state index contributed by atoms with van der Waals surface area (Å²) in [7, 11) is -4.92. The molecule has 4 unspecified atom stereocenters. The minimum Gasteiger partial charge on any atom is -0.385 e. The molecule has 0 spiro atoms. The number of rotatable bonds is 2. The van der Waals surface area contributed by atoms with E-state index < -0.39 is 31.9 Å². The van der Waals surface area contributed by atoms with Gasteiger partial charge in [-0.2, -0.15) is 0 Å². The van der Waals surface area contributed by atoms with Crippen LogP contribution >= 0.6 is 7.82 Å². The Hall–Kier alpha value is -1.66. The fourth-order valence-electron chi connectivity index (χ4n) is 3.01. The number of anilines is 1. The Morgan fingerprint density at radius 3 is 2.91 bits per heavy atom. The maximum atomic E-state index is 11.2. The second-order valence-electron chi connectivity index (χ2n) is 5.35. The summed E-state index contributed by atoms with van der Waals surface area (Å²) in [6.45, 7) is -0.331. The standard InChI is InChI=1S/C10H12N5O7P/c11-7-3-8(13-2-12-7)15-9(14-3)5(22-23(18,19)20)4-6(16)10(15,17)1-21-4/h2,4-6,16-17H,1H2,(H2,11,12,13)(H2,18,19,20). The van der Waals surface area contributed by atoms with Crippen molar-refractivity contribution in [3.63, 3.8) is 0 Å². The van der Waals surface area contributed by atoms with Crippen molar-refractivity contribution < 1.29 is 33.8 Å². The number of imidazole rings is 1. The fourth-order valence-corrected chi connectivity index (χ4v) is 3.52. The van der Waals surface area contributed by atoms with E-state index in [0.29, 0.717) is 0 Å². The first-order valence-corrected chi connectivity index (χ1v) is 8.01. The third kappa shape index (κ3) is 1.94. The van der Waals surface area contributed by atoms with Gasteiger partial charge in [0.2, 0.25) is 0 Å². The molecule has 1 fully saturated rings. The molecule has 4 atom stereocenters. The molecule has 2 bridgehead atoms. The summed E-state index contributed by atoms with van der Waals surface area (Å²) in [5, 5.41) is 21.0. The van der Waals surface area contributed by atoms with Crippen molar-refractivity contribution in [2.24, 2.45) is 0 Å². The highest BCUT2D eigenvalue weighted by Gasteiger charge is 2.60. The number of hydrogen-bond acceptors (Lipinski definition) is 9. The first-order valence-electron chi connectivity index (χ1n) is 6.47. The van der Waals surface area contributed by atoms with Gasteiger partial charge in [-0.05, 0) is 0 Å². The van der Waals surface area contributed by atoms with Crippen LogP contribution in [0, 0.1) is 0 Å². The Kier molecular flexibility index (Phi) is 2.88. The Bertz CT molecular complexity index is 851. The van der Waals surface area contributed by atoms with Gasteiger partial charge in [-0.25, -0.2) is 19.5 Å². The van der Waals surface area contributed by atoms with Crippen LogP contribution in [0.4, 0.5) is 5.82 Å². The van der Waals surface area contributed by atoms with Crippen LogP contribution in [0.3, 0.4) is 0 Å². The molecule has 23 heavy (non-hydrogen) atoms. The molecule has 12 nitrogen and oxygen atoms in total. The highest BCUT2D eigenvalue weighted by atomic mass is 31.2. The van der Waals surface area contributed by atoms with Crippen LogP contribution in [-0.4, -0.2) is 58.3 Å². The largest absolute Gasteiger partial charge is 0.470 e. The molecule has 4 heterocycles. The topological polar surface area (TPSA) is 186 Å². The number of fused-ring (bicyclic) bond motifs is 6. The normalized spacial score (nSPS) is 33.1. The summed E-state index contributed by atoms with van der Waals surface area (Å²) < 4.78 is 22.3. The lowest BCUT2D eigenvalue weighted by Gasteiger charge is -2.36. The molecule has 0 aromatic carbocycles. The van der Waals surface area contributed by atoms with Gasteiger partial charge in [0, 0.05) is 0 Å². The highest BCUT2D eigenvalue weighted by Crippen LogP contribution is 2.51. The summed E-state index contributed by atoms with van der Waals surface area (Å²) in [6.07, 6.45) is -2.98. The highest BCUT2D eigenvalue weighted by molar-refractivity contribution is 7.46. The minimum absolute atomic E-state index is 0.0155. The SMILES string of the molecule is Nc1ncnc2c1nc1n2C2(O)COC(C1OP(=O)(O)O)C2O. The number of aromatic nitrogens is 4. The van der Waals surface area contributed by atoms with E-state index in [4.69, 9.17) is 24.8 Å². The number of phosphoric acid groups is 1. The van der Waals surface area contributed by atoms with Gasteiger partial charge in [-0.1, -0.05) is 0 Å². The van der Waals surface area contributed by atoms with Crippen LogP contribution in [0.1, 0.15) is 11.9 Å². The molecule has 0 amide bonds. The van der Waals surface area contributed by atoms with Gasteiger partial charge in [0.15, 0.2) is 28.8 Å². The zero-order chi connectivity index (χ0) is 16.6. The van der Waals surface area contributed by atoms with Crippen molar-refractivity contribution in [2.45, 2.75) is 24.0 Å². The van der Waals surface area contributed by atoms with Gasteiger partial charge in [0.05, 0.1) is 6.61 Å². The van der Waals surface area contributed by atoms with E-state index in [0.717, 1.165) is 10.9 Å². The van der Waals surface area contributed by atoms with Crippen molar-refractivity contribution >= 4 is 24.8 Å². The van der Waals surface area contributed by atoms with Gasteiger partial charge < -0.3 is 30.5 Å². The molecular weight excluding hydrogens is 333 g/mol. The lowest BCUT2D eigenvalue weighted by atomic mass is 9.96. The van der Waals surface area contributed by atoms with Crippen LogP contribution < -0.4 is 5.73 Å². The molecule has 13 heteroatoms. The number of ether oxygens (including phenoxy) is 1. The van der Waals surface area contributed by atoms with Crippen LogP contribution in [0.25, 0.3) is 11.2 Å². The second kappa shape index (κ2) is 4.45. The average molecular weight is 345 g/mol. The third-order valence-electron chi connectivity index (χ3n) is 3.96. The van der Waals surface area contributed by atoms with Gasteiger partial charge >= 0.3 is 7.82 Å². The van der Waals surface area contributed by atoms with Gasteiger partial charge in [-0.15, -0.1) is 0 Å². The summed E-state index contributed by atoms with van der Waals surface area (Å²) in [5.74, 6) is -0.0486. The molecule has 2 aliphatic heterocycles. The number of hydrogen-bond donors (Lipinski definition) is 5. The molecule has 1 saturated heterocycles. The first kappa shape index (κ1) is 14.9. The molecule has 0 radical (unpaired) electrons. The Morgan fingerprint density at radius 1 is 1.48 bits per heavy atom. The smallest absolute Gasteiger partial charge is 0.385 e. The van der Waals surface area contributed by atoms with E-state index in [2.05, 4.69) is 15.0 Å². The van der Waals surface area contributed by atoms with E-state index >= 15 is 0 Å². The average Bonchev–Trinajstić information content (AvgIpc) is 2.94. The van der Waals surface area contributed by atoms with Crippen molar-refractivity contribution in [1.29, 1.82) is 0 Å². The van der Waals surface area contributed by atoms with E-state index in [1.54, 1.807) is 0 Å². The maximum absolute atomic E-state index is 11.2. The molecule has 0 saturated carbocycles. The van der Waals surface area contributed by atoms with Crippen LogP contribution in [0.15, 0.2) is 6.33 Å². The molecule has 124 valence electrons. The quantitative estimate of drug-likeness (QED) is 0.378. The number of nitrogens with two attached hydrogens (primary N) is 1. The van der Waals surface area contributed by atoms with Crippen LogP contribution in [0.2, 0.25) is 0 Å². The Labute approximate surface area is 127 Å². The zero-order valence-electron chi connectivity index (χ0n) is 11.3. The summed E-state index contributed by atoms with van der Waals surface area (Å²) in [5.41, 5.74) is 4.04. The lowest BCUT2D eigenvalue weighted by molar-refractivity contribution is -0.136. The van der Waals surface area contributed by atoms with Gasteiger partial charge in [0.1, 0.15) is 24.4 Å². The summed E-state index contributed by atoms with van der Waals surface area (Å²) in [6, 6.07) is 0. The predicted molar refractivity (Wildman–Crippen MR) is 71.5 cm³/mol. The lowest BCUT2D eigenvalue weighted by Crippen LogP contribution is -2.52. The number of aliphatic hydroxyl groups is 2. The van der Waals surface area contributed by atoms with E-state index in [1.807, 2.05) is 0 Å². The predicted octanol–water partition coefficient (Wildman–Crippen LogP) is -2.02. The molecule has 4 rings (SSSR count). The summed E-state index contributed by atoms with van der Waals surface area (Å²) in [4.78, 5) is 30.1. The number of nitrogen functional groups attached to an aromatic ring is 1. The molecule has 2 aromatic heterocycles. The van der Waals surface area contributed by atoms with Crippen LogP contribution in [-0.2, 0) is 19.6 Å². The molecule has 0 aliphatic carbocycles. The van der Waals surface area contributed by atoms with E-state index in [9.17, 15) is 14.8 Å². The van der Waals surface area contributed by atoms with Gasteiger partial charge in [-0.3, -0.25) is 9.09 Å². The molecule has 6 N–H and O–H groups in total. The van der Waals surface area contributed by atoms with Crippen molar-refractivity contribution in [1.82, 2.24) is 19.5 Å². The fraction of sp³-hybridized carbons (Fsp3) is 0.500. The summed E-state index contributed by atoms with van der Waals surface area (Å²) >= 11 is 0. The van der Waals surface area contributed by atoms with Crippen LogP contribution in [0.5, 0.6) is 0 Å². The monoisotopic (exact) mass is 345 g/mol. The first-order chi connectivity index (χ1) is 10.7. The Balaban J connectivity index is 2.01. The number of phosphoric ester groups is 1. The molecule has 2 aliphatic rings. The zero-order valence-corrected chi connectivity index (χ0v) is 12.2. The van der Waals surface area contributed by atoms with Crippen molar-refractivity contribution in [2.75, 3.05) is 12.3 Å². The maximum Gasteiger partial charge on any atom is 0.470 e.